The van der Waals surface area contributed by atoms with Crippen LogP contribution in [0.15, 0.2) is 24.3 Å². The molecule has 0 saturated carbocycles. The average molecular weight is 1010 g/mol. The molecule has 2 atom stereocenters. The zero-order valence-corrected chi connectivity index (χ0v) is 48.7. The van der Waals surface area contributed by atoms with Gasteiger partial charge in [-0.15, -0.1) is 0 Å². The van der Waals surface area contributed by atoms with Gasteiger partial charge in [-0.3, -0.25) is 9.59 Å². The Labute approximate surface area is 450 Å². The lowest BCUT2D eigenvalue weighted by Crippen LogP contribution is -2.45. The van der Waals surface area contributed by atoms with Gasteiger partial charge in [0.1, 0.15) is 0 Å². The molecule has 0 aliphatic carbocycles. The van der Waals surface area contributed by atoms with E-state index in [9.17, 15) is 19.8 Å². The Morgan fingerprint density at radius 1 is 0.389 bits per heavy atom. The number of carbonyl (C=O) groups is 2. The van der Waals surface area contributed by atoms with Crippen LogP contribution in [0.1, 0.15) is 361 Å². The van der Waals surface area contributed by atoms with Crippen molar-refractivity contribution in [3.63, 3.8) is 0 Å². The zero-order chi connectivity index (χ0) is 52.2. The lowest BCUT2D eigenvalue weighted by atomic mass is 10.0. The topological polar surface area (TPSA) is 95.9 Å². The van der Waals surface area contributed by atoms with Crippen LogP contribution in [0.25, 0.3) is 0 Å². The van der Waals surface area contributed by atoms with Gasteiger partial charge in [-0.2, -0.15) is 0 Å². The molecule has 72 heavy (non-hydrogen) atoms. The van der Waals surface area contributed by atoms with Crippen molar-refractivity contribution in [2.75, 3.05) is 13.2 Å². The summed E-state index contributed by atoms with van der Waals surface area (Å²) in [5.74, 6) is -0.0264. The van der Waals surface area contributed by atoms with Crippen LogP contribution in [0.4, 0.5) is 0 Å². The quantitative estimate of drug-likeness (QED) is 0.0320. The number of aliphatic hydroxyl groups excluding tert-OH is 2. The summed E-state index contributed by atoms with van der Waals surface area (Å²) in [4.78, 5) is 24.6. The monoisotopic (exact) mass is 1010 g/mol. The van der Waals surface area contributed by atoms with E-state index in [-0.39, 0.29) is 18.5 Å². The van der Waals surface area contributed by atoms with Gasteiger partial charge in [0.05, 0.1) is 25.4 Å². The number of hydrogen-bond donors (Lipinski definition) is 3. The molecule has 0 heterocycles. The standard InChI is InChI=1S/C66H127NO5/c1-3-5-7-9-11-13-15-17-18-28-32-36-40-44-48-52-56-60-66(71)72-61-57-53-49-45-41-37-33-30-27-25-23-21-19-20-22-24-26-29-31-35-39-43-47-51-55-59-65(70)67-63(62-68)64(69)58-54-50-46-42-38-34-16-14-12-10-8-6-4-2/h20-23,63-64,68-69H,3-19,24-62H2,1-2H3,(H,67,70)/b22-20-,23-21-. The predicted molar refractivity (Wildman–Crippen MR) is 315 cm³/mol. The minimum atomic E-state index is -0.667. The lowest BCUT2D eigenvalue weighted by Gasteiger charge is -2.22. The van der Waals surface area contributed by atoms with E-state index in [1.807, 2.05) is 0 Å². The minimum absolute atomic E-state index is 0.0134. The number of aliphatic hydroxyl groups is 2. The highest BCUT2D eigenvalue weighted by Gasteiger charge is 2.20. The molecule has 0 bridgehead atoms. The highest BCUT2D eigenvalue weighted by atomic mass is 16.5. The van der Waals surface area contributed by atoms with Crippen LogP contribution < -0.4 is 5.32 Å². The molecule has 0 rings (SSSR count). The molecule has 3 N–H and O–H groups in total. The van der Waals surface area contributed by atoms with Crippen LogP contribution in [0, 0.1) is 0 Å². The van der Waals surface area contributed by atoms with Crippen LogP contribution in [0.3, 0.4) is 0 Å². The summed E-state index contributed by atoms with van der Waals surface area (Å²) in [5, 5.41) is 23.3. The maximum atomic E-state index is 12.5. The second-order valence-electron chi connectivity index (χ2n) is 22.5. The molecular weight excluding hydrogens is 887 g/mol. The second-order valence-corrected chi connectivity index (χ2v) is 22.5. The number of rotatable bonds is 61. The Hall–Kier alpha value is -1.66. The van der Waals surface area contributed by atoms with Crippen molar-refractivity contribution >= 4 is 11.9 Å². The van der Waals surface area contributed by atoms with Crippen molar-refractivity contribution in [3.8, 4) is 0 Å². The van der Waals surface area contributed by atoms with E-state index in [0.29, 0.717) is 25.9 Å². The van der Waals surface area contributed by atoms with Crippen molar-refractivity contribution in [1.82, 2.24) is 5.32 Å². The molecule has 0 aliphatic heterocycles. The molecule has 1 amide bonds. The molecule has 0 fully saturated rings. The molecule has 0 aromatic heterocycles. The number of amides is 1. The van der Waals surface area contributed by atoms with Crippen LogP contribution in [0.2, 0.25) is 0 Å². The minimum Gasteiger partial charge on any atom is -0.466 e. The average Bonchev–Trinajstić information content (AvgIpc) is 3.38. The fraction of sp³-hybridized carbons (Fsp3) is 0.909. The van der Waals surface area contributed by atoms with Crippen molar-refractivity contribution < 1.29 is 24.5 Å². The summed E-state index contributed by atoms with van der Waals surface area (Å²) >= 11 is 0. The maximum Gasteiger partial charge on any atom is 0.305 e. The van der Waals surface area contributed by atoms with Crippen molar-refractivity contribution in [3.05, 3.63) is 24.3 Å². The summed E-state index contributed by atoms with van der Waals surface area (Å²) in [6, 6.07) is -0.545. The fourth-order valence-corrected chi connectivity index (χ4v) is 10.3. The number of unbranched alkanes of at least 4 members (excludes halogenated alkanes) is 46. The third-order valence-electron chi connectivity index (χ3n) is 15.3. The van der Waals surface area contributed by atoms with E-state index in [0.717, 1.165) is 44.9 Å². The lowest BCUT2D eigenvalue weighted by molar-refractivity contribution is -0.143. The van der Waals surface area contributed by atoms with E-state index in [4.69, 9.17) is 4.74 Å². The summed E-state index contributed by atoms with van der Waals surface area (Å²) in [6.07, 6.45) is 76.3. The zero-order valence-electron chi connectivity index (χ0n) is 48.7. The van der Waals surface area contributed by atoms with Gasteiger partial charge in [0, 0.05) is 12.8 Å². The van der Waals surface area contributed by atoms with E-state index in [2.05, 4.69) is 43.5 Å². The van der Waals surface area contributed by atoms with Crippen molar-refractivity contribution in [1.29, 1.82) is 0 Å². The number of carbonyl (C=O) groups excluding carboxylic acids is 2. The van der Waals surface area contributed by atoms with Gasteiger partial charge in [0.25, 0.3) is 0 Å². The van der Waals surface area contributed by atoms with Crippen molar-refractivity contribution in [2.45, 2.75) is 373 Å². The third-order valence-corrected chi connectivity index (χ3v) is 15.3. The second kappa shape index (κ2) is 61.9. The normalized spacial score (nSPS) is 12.7. The number of hydrogen-bond acceptors (Lipinski definition) is 5. The molecule has 426 valence electrons. The Morgan fingerprint density at radius 3 is 1.06 bits per heavy atom. The largest absolute Gasteiger partial charge is 0.466 e. The molecule has 6 heteroatoms. The smallest absolute Gasteiger partial charge is 0.305 e. The first kappa shape index (κ1) is 70.3. The van der Waals surface area contributed by atoms with Gasteiger partial charge in [-0.25, -0.2) is 0 Å². The highest BCUT2D eigenvalue weighted by molar-refractivity contribution is 5.76. The van der Waals surface area contributed by atoms with E-state index in [1.54, 1.807) is 0 Å². The molecule has 0 saturated heterocycles. The first-order valence-electron chi connectivity index (χ1n) is 32.6. The van der Waals surface area contributed by atoms with E-state index in [1.165, 1.54) is 283 Å². The van der Waals surface area contributed by atoms with Crippen LogP contribution >= 0.6 is 0 Å². The Morgan fingerprint density at radius 2 is 0.694 bits per heavy atom. The molecule has 0 aromatic rings. The predicted octanol–water partition coefficient (Wildman–Crippen LogP) is 20.6. The molecule has 6 nitrogen and oxygen atoms in total. The van der Waals surface area contributed by atoms with E-state index >= 15 is 0 Å². The fourth-order valence-electron chi connectivity index (χ4n) is 10.3. The van der Waals surface area contributed by atoms with Gasteiger partial charge in [-0.1, -0.05) is 314 Å². The summed E-state index contributed by atoms with van der Waals surface area (Å²) in [6.45, 7) is 4.97. The number of allylic oxidation sites excluding steroid dienone is 4. The molecule has 0 radical (unpaired) electrons. The van der Waals surface area contributed by atoms with Crippen molar-refractivity contribution in [2.24, 2.45) is 0 Å². The first-order valence-corrected chi connectivity index (χ1v) is 32.6. The Balaban J connectivity index is 3.40. The van der Waals surface area contributed by atoms with Gasteiger partial charge in [0.15, 0.2) is 0 Å². The SMILES string of the molecule is CCCCCCCCCCCCCCCCCCCC(=O)OCCCCCCCCCCC/C=C\C/C=C\CCCCCCCCCCCC(=O)NC(CO)C(O)CCCCCCCCCCCCCCC. The summed E-state index contributed by atoms with van der Waals surface area (Å²) < 4.78 is 5.50. The maximum absolute atomic E-state index is 12.5. The van der Waals surface area contributed by atoms with Crippen LogP contribution in [0.5, 0.6) is 0 Å². The third kappa shape index (κ3) is 57.6. The molecule has 0 spiro atoms. The van der Waals surface area contributed by atoms with Gasteiger partial charge < -0.3 is 20.3 Å². The number of ether oxygens (including phenoxy) is 1. The van der Waals surface area contributed by atoms with Gasteiger partial charge >= 0.3 is 5.97 Å². The Kier molecular flexibility index (Phi) is 60.5. The van der Waals surface area contributed by atoms with Gasteiger partial charge in [0.2, 0.25) is 5.91 Å². The first-order chi connectivity index (χ1) is 35.5. The van der Waals surface area contributed by atoms with Crippen LogP contribution in [-0.2, 0) is 14.3 Å². The summed E-state index contributed by atoms with van der Waals surface area (Å²) in [7, 11) is 0. The number of esters is 1. The van der Waals surface area contributed by atoms with E-state index < -0.39 is 12.1 Å². The molecular formula is C66H127NO5. The van der Waals surface area contributed by atoms with Gasteiger partial charge in [-0.05, 0) is 57.8 Å². The van der Waals surface area contributed by atoms with Crippen LogP contribution in [-0.4, -0.2) is 47.4 Å². The summed E-state index contributed by atoms with van der Waals surface area (Å²) in [5.41, 5.74) is 0. The molecule has 0 aliphatic rings. The highest BCUT2D eigenvalue weighted by Crippen LogP contribution is 2.18. The molecule has 2 unspecified atom stereocenters. The number of nitrogens with one attached hydrogen (secondary N) is 1. The molecule has 0 aromatic carbocycles. The Bertz CT molecular complexity index is 1120.